The highest BCUT2D eigenvalue weighted by molar-refractivity contribution is 8.00. The molecular formula is C19H20FN3OS. The third-order valence-electron chi connectivity index (χ3n) is 3.98. The maximum absolute atomic E-state index is 13.2. The quantitative estimate of drug-likeness (QED) is 0.721. The average molecular weight is 357 g/mol. The lowest BCUT2D eigenvalue weighted by Crippen LogP contribution is -2.28. The first kappa shape index (κ1) is 17.5. The summed E-state index contributed by atoms with van der Waals surface area (Å²) in [5.74, 6) is 0.944. The van der Waals surface area contributed by atoms with Gasteiger partial charge in [-0.25, -0.2) is 9.37 Å². The van der Waals surface area contributed by atoms with Crippen LogP contribution >= 0.6 is 11.8 Å². The van der Waals surface area contributed by atoms with Crippen LogP contribution in [0.25, 0.3) is 11.0 Å². The van der Waals surface area contributed by atoms with Crippen LogP contribution in [-0.4, -0.2) is 33.6 Å². The van der Waals surface area contributed by atoms with E-state index in [1.54, 1.807) is 18.0 Å². The Balaban J connectivity index is 1.55. The SMILES string of the molecule is CC(SCC(=O)N(C)Cc1cccc(F)c1)c1nc2ccccc2[nH]1. The summed E-state index contributed by atoms with van der Waals surface area (Å²) in [6, 6.07) is 14.2. The maximum atomic E-state index is 13.2. The molecule has 0 fully saturated rings. The number of hydrogen-bond acceptors (Lipinski definition) is 3. The molecule has 4 nitrogen and oxygen atoms in total. The van der Waals surface area contributed by atoms with E-state index in [0.29, 0.717) is 12.3 Å². The third-order valence-corrected chi connectivity index (χ3v) is 5.12. The summed E-state index contributed by atoms with van der Waals surface area (Å²) in [6.07, 6.45) is 0. The number of para-hydroxylation sites is 2. The number of aromatic nitrogens is 2. The van der Waals surface area contributed by atoms with E-state index in [1.807, 2.05) is 37.3 Å². The van der Waals surface area contributed by atoms with Crippen molar-refractivity contribution in [3.8, 4) is 0 Å². The van der Waals surface area contributed by atoms with Crippen molar-refractivity contribution < 1.29 is 9.18 Å². The van der Waals surface area contributed by atoms with Crippen LogP contribution < -0.4 is 0 Å². The van der Waals surface area contributed by atoms with Crippen molar-refractivity contribution >= 4 is 28.7 Å². The van der Waals surface area contributed by atoms with Gasteiger partial charge in [0.15, 0.2) is 0 Å². The molecule has 1 aromatic heterocycles. The molecule has 0 bridgehead atoms. The second-order valence-corrected chi connectivity index (χ2v) is 7.30. The molecule has 1 heterocycles. The molecule has 0 saturated heterocycles. The molecule has 3 rings (SSSR count). The molecule has 6 heteroatoms. The zero-order valence-corrected chi connectivity index (χ0v) is 15.0. The normalized spacial score (nSPS) is 12.3. The number of halogens is 1. The fourth-order valence-corrected chi connectivity index (χ4v) is 3.43. The number of nitrogens with zero attached hydrogens (tertiary/aromatic N) is 2. The minimum Gasteiger partial charge on any atom is -0.341 e. The Hall–Kier alpha value is -2.34. The molecule has 1 amide bonds. The fraction of sp³-hybridized carbons (Fsp3) is 0.263. The number of H-pyrrole nitrogens is 1. The number of imidazole rings is 1. The van der Waals surface area contributed by atoms with Gasteiger partial charge in [-0.05, 0) is 36.8 Å². The number of amides is 1. The zero-order chi connectivity index (χ0) is 17.8. The molecule has 1 unspecified atom stereocenters. The van der Waals surface area contributed by atoms with E-state index in [4.69, 9.17) is 0 Å². The van der Waals surface area contributed by atoms with Gasteiger partial charge < -0.3 is 9.88 Å². The van der Waals surface area contributed by atoms with Crippen LogP contribution in [-0.2, 0) is 11.3 Å². The largest absolute Gasteiger partial charge is 0.341 e. The van der Waals surface area contributed by atoms with E-state index < -0.39 is 0 Å². The van der Waals surface area contributed by atoms with Gasteiger partial charge in [-0.2, -0.15) is 0 Å². The molecular weight excluding hydrogens is 337 g/mol. The number of benzene rings is 2. The van der Waals surface area contributed by atoms with E-state index in [0.717, 1.165) is 22.4 Å². The number of rotatable bonds is 6. The van der Waals surface area contributed by atoms with Crippen LogP contribution in [0.3, 0.4) is 0 Å². The van der Waals surface area contributed by atoms with Gasteiger partial charge in [-0.3, -0.25) is 4.79 Å². The predicted molar refractivity (Wildman–Crippen MR) is 99.8 cm³/mol. The van der Waals surface area contributed by atoms with E-state index in [9.17, 15) is 9.18 Å². The average Bonchev–Trinajstić information content (AvgIpc) is 3.03. The van der Waals surface area contributed by atoms with Crippen molar-refractivity contribution in [3.63, 3.8) is 0 Å². The van der Waals surface area contributed by atoms with E-state index >= 15 is 0 Å². The Kier molecular flexibility index (Phi) is 5.38. The van der Waals surface area contributed by atoms with E-state index in [-0.39, 0.29) is 17.0 Å². The van der Waals surface area contributed by atoms with Crippen LogP contribution in [0, 0.1) is 5.82 Å². The van der Waals surface area contributed by atoms with E-state index in [2.05, 4.69) is 9.97 Å². The van der Waals surface area contributed by atoms with Crippen LogP contribution in [0.2, 0.25) is 0 Å². The molecule has 25 heavy (non-hydrogen) atoms. The summed E-state index contributed by atoms with van der Waals surface area (Å²) < 4.78 is 13.2. The van der Waals surface area contributed by atoms with Crippen molar-refractivity contribution in [3.05, 3.63) is 65.7 Å². The van der Waals surface area contributed by atoms with Crippen molar-refractivity contribution in [1.82, 2.24) is 14.9 Å². The first-order chi connectivity index (χ1) is 12.0. The first-order valence-electron chi connectivity index (χ1n) is 8.07. The molecule has 0 aliphatic rings. The van der Waals surface area contributed by atoms with Gasteiger partial charge >= 0.3 is 0 Å². The third kappa shape index (κ3) is 4.39. The van der Waals surface area contributed by atoms with Gasteiger partial charge in [-0.15, -0.1) is 11.8 Å². The van der Waals surface area contributed by atoms with Crippen LogP contribution in [0.5, 0.6) is 0 Å². The number of aromatic amines is 1. The fourth-order valence-electron chi connectivity index (χ4n) is 2.55. The monoisotopic (exact) mass is 357 g/mol. The van der Waals surface area contributed by atoms with Gasteiger partial charge in [0.05, 0.1) is 22.0 Å². The first-order valence-corrected chi connectivity index (χ1v) is 9.12. The standard InChI is InChI=1S/C19H20FN3OS/c1-13(19-21-16-8-3-4-9-17(16)22-19)25-12-18(24)23(2)11-14-6-5-7-15(20)10-14/h3-10,13H,11-12H2,1-2H3,(H,21,22). The smallest absolute Gasteiger partial charge is 0.232 e. The van der Waals surface area contributed by atoms with Gasteiger partial charge in [-0.1, -0.05) is 24.3 Å². The van der Waals surface area contributed by atoms with Crippen molar-refractivity contribution in [2.45, 2.75) is 18.7 Å². The van der Waals surface area contributed by atoms with Gasteiger partial charge in [0.1, 0.15) is 11.6 Å². The summed E-state index contributed by atoms with van der Waals surface area (Å²) >= 11 is 1.54. The molecule has 0 aliphatic carbocycles. The Morgan fingerprint density at radius 1 is 1.28 bits per heavy atom. The topological polar surface area (TPSA) is 49.0 Å². The molecule has 0 radical (unpaired) electrons. The molecule has 0 spiro atoms. The van der Waals surface area contributed by atoms with Gasteiger partial charge in [0.2, 0.25) is 5.91 Å². The predicted octanol–water partition coefficient (Wildman–Crippen LogP) is 4.15. The second kappa shape index (κ2) is 7.70. The minimum atomic E-state index is -0.286. The highest BCUT2D eigenvalue weighted by Gasteiger charge is 2.15. The number of thioether (sulfide) groups is 1. The summed E-state index contributed by atoms with van der Waals surface area (Å²) in [5, 5.41) is 0.0823. The lowest BCUT2D eigenvalue weighted by atomic mass is 10.2. The lowest BCUT2D eigenvalue weighted by Gasteiger charge is -2.18. The van der Waals surface area contributed by atoms with Crippen molar-refractivity contribution in [2.24, 2.45) is 0 Å². The number of nitrogens with one attached hydrogen (secondary N) is 1. The Labute approximate surface area is 150 Å². The van der Waals surface area contributed by atoms with Gasteiger partial charge in [0.25, 0.3) is 0 Å². The maximum Gasteiger partial charge on any atom is 0.232 e. The highest BCUT2D eigenvalue weighted by Crippen LogP contribution is 2.27. The van der Waals surface area contributed by atoms with Crippen LogP contribution in [0.4, 0.5) is 4.39 Å². The molecule has 1 atom stereocenters. The zero-order valence-electron chi connectivity index (χ0n) is 14.2. The molecule has 130 valence electrons. The molecule has 0 saturated carbocycles. The summed E-state index contributed by atoms with van der Waals surface area (Å²) in [6.45, 7) is 2.43. The molecule has 3 aromatic rings. The van der Waals surface area contributed by atoms with Crippen molar-refractivity contribution in [1.29, 1.82) is 0 Å². The number of fused-ring (bicyclic) bond motifs is 1. The number of carbonyl (C=O) groups is 1. The highest BCUT2D eigenvalue weighted by atomic mass is 32.2. The Bertz CT molecular complexity index is 847. The van der Waals surface area contributed by atoms with Crippen LogP contribution in [0.15, 0.2) is 48.5 Å². The summed E-state index contributed by atoms with van der Waals surface area (Å²) in [5.41, 5.74) is 2.71. The summed E-state index contributed by atoms with van der Waals surface area (Å²) in [7, 11) is 1.74. The minimum absolute atomic E-state index is 0.0113. The van der Waals surface area contributed by atoms with Crippen molar-refractivity contribution in [2.75, 3.05) is 12.8 Å². The number of carbonyl (C=O) groups excluding carboxylic acids is 1. The van der Waals surface area contributed by atoms with Gasteiger partial charge in [0, 0.05) is 13.6 Å². The molecule has 0 aliphatic heterocycles. The Morgan fingerprint density at radius 2 is 2.08 bits per heavy atom. The van der Waals surface area contributed by atoms with E-state index in [1.165, 1.54) is 23.9 Å². The second-order valence-electron chi connectivity index (χ2n) is 5.97. The van der Waals surface area contributed by atoms with Crippen LogP contribution in [0.1, 0.15) is 23.6 Å². The molecule has 1 N–H and O–H groups in total. The molecule has 2 aromatic carbocycles. The Morgan fingerprint density at radius 3 is 2.84 bits per heavy atom. The summed E-state index contributed by atoms with van der Waals surface area (Å²) in [4.78, 5) is 21.8. The number of hydrogen-bond donors (Lipinski definition) is 1. The lowest BCUT2D eigenvalue weighted by molar-refractivity contribution is -0.127.